The van der Waals surface area contributed by atoms with Crippen LogP contribution in [0.3, 0.4) is 0 Å². The Balaban J connectivity index is -0.00000000333. The standard InChI is InChI=1S/4ClH.2Li.Zn/h4*1H;;;/q;;;;2*+1;+2/p-4. The van der Waals surface area contributed by atoms with Crippen molar-refractivity contribution in [2.24, 2.45) is 0 Å². The third kappa shape index (κ3) is 49.3. The van der Waals surface area contributed by atoms with Crippen molar-refractivity contribution in [3.63, 3.8) is 0 Å². The van der Waals surface area contributed by atoms with Gasteiger partial charge in [-0.3, -0.25) is 0 Å². The molecule has 0 rings (SSSR count). The molecule has 0 aliphatic heterocycles. The van der Waals surface area contributed by atoms with Crippen LogP contribution >= 0.6 is 19.4 Å². The van der Waals surface area contributed by atoms with Crippen LogP contribution in [0.5, 0.6) is 0 Å². The van der Waals surface area contributed by atoms with Gasteiger partial charge in [-0.1, -0.05) is 0 Å². The summed E-state index contributed by atoms with van der Waals surface area (Å²) >= 11 is -0.931. The Morgan fingerprint density at radius 3 is 0.857 bits per heavy atom. The van der Waals surface area contributed by atoms with Crippen molar-refractivity contribution in [2.75, 3.05) is 0 Å². The SMILES string of the molecule is [Cl-].[Cl-].[Cl][Zn][Cl].[Li+].[Li+]. The van der Waals surface area contributed by atoms with Crippen molar-refractivity contribution in [3.8, 4) is 0 Å². The molecule has 32 valence electrons. The Morgan fingerprint density at radius 2 is 0.857 bits per heavy atom. The van der Waals surface area contributed by atoms with Crippen molar-refractivity contribution in [3.05, 3.63) is 0 Å². The second-order valence-electron chi connectivity index (χ2n) is 0.101. The Hall–Kier alpha value is 2.98. The Morgan fingerprint density at radius 1 is 0.857 bits per heavy atom. The van der Waals surface area contributed by atoms with Crippen molar-refractivity contribution >= 4 is 19.4 Å². The van der Waals surface area contributed by atoms with E-state index in [4.69, 9.17) is 19.4 Å². The van der Waals surface area contributed by atoms with Gasteiger partial charge in [-0.05, 0) is 0 Å². The molecule has 0 fully saturated rings. The summed E-state index contributed by atoms with van der Waals surface area (Å²) in [5.41, 5.74) is 0. The predicted molar refractivity (Wildman–Crippen MR) is 11.7 cm³/mol. The zero-order valence-corrected chi connectivity index (χ0v) is 10.2. The molecule has 0 bridgehead atoms. The minimum Gasteiger partial charge on any atom is 1.00 e. The first-order valence-corrected chi connectivity index (χ1v) is 8.33. The van der Waals surface area contributed by atoms with Crippen LogP contribution in [0.2, 0.25) is 0 Å². The van der Waals surface area contributed by atoms with Crippen LogP contribution in [0.4, 0.5) is 0 Å². The van der Waals surface area contributed by atoms with Crippen LogP contribution in [0, 0.1) is 0 Å². The minimum atomic E-state index is -0.931. The molecule has 7 heteroatoms. The molecule has 0 unspecified atom stereocenters. The minimum absolute atomic E-state index is 0. The quantitative estimate of drug-likeness (QED) is 0.356. The molecule has 0 saturated heterocycles. The van der Waals surface area contributed by atoms with Gasteiger partial charge in [0, 0.05) is 0 Å². The van der Waals surface area contributed by atoms with Gasteiger partial charge in [0.05, 0.1) is 0 Å². The van der Waals surface area contributed by atoms with E-state index in [2.05, 4.69) is 0 Å². The normalized spacial score (nSPS) is 1.43. The third-order valence-electron chi connectivity index (χ3n) is 0. The smallest absolute Gasteiger partial charge is 1.00 e. The molecule has 0 atom stereocenters. The van der Waals surface area contributed by atoms with E-state index in [1.165, 1.54) is 0 Å². The Labute approximate surface area is 95.7 Å². The number of hydrogen-bond donors (Lipinski definition) is 0. The molecule has 0 radical (unpaired) electrons. The predicted octanol–water partition coefficient (Wildman–Crippen LogP) is -10.6. The summed E-state index contributed by atoms with van der Waals surface area (Å²) in [5.74, 6) is 0. The van der Waals surface area contributed by atoms with E-state index >= 15 is 0 Å². The van der Waals surface area contributed by atoms with Gasteiger partial charge in [-0.2, -0.15) is 0 Å². The van der Waals surface area contributed by atoms with E-state index < -0.39 is 15.1 Å². The molecule has 0 nitrogen and oxygen atoms in total. The molecular formula is Cl4Li2Zn. The van der Waals surface area contributed by atoms with Crippen molar-refractivity contribution in [2.45, 2.75) is 0 Å². The summed E-state index contributed by atoms with van der Waals surface area (Å²) in [6, 6.07) is 0. The maximum Gasteiger partial charge on any atom is 1.00 e. The van der Waals surface area contributed by atoms with E-state index in [1.807, 2.05) is 0 Å². The summed E-state index contributed by atoms with van der Waals surface area (Å²) in [4.78, 5) is 0. The second-order valence-corrected chi connectivity index (χ2v) is 4.72. The molecule has 0 aromatic rings. The summed E-state index contributed by atoms with van der Waals surface area (Å²) in [5, 5.41) is 0. The third-order valence-corrected chi connectivity index (χ3v) is 0. The van der Waals surface area contributed by atoms with Gasteiger partial charge in [0.2, 0.25) is 0 Å². The van der Waals surface area contributed by atoms with E-state index in [9.17, 15) is 0 Å². The summed E-state index contributed by atoms with van der Waals surface area (Å²) in [7, 11) is 9.90. The zero-order chi connectivity index (χ0) is 2.71. The molecule has 0 N–H and O–H groups in total. The molecule has 0 heterocycles. The van der Waals surface area contributed by atoms with E-state index in [-0.39, 0.29) is 62.5 Å². The Kier molecular flexibility index (Phi) is 167. The van der Waals surface area contributed by atoms with Gasteiger partial charge in [-0.15, -0.1) is 0 Å². The molecule has 0 saturated carbocycles. The van der Waals surface area contributed by atoms with Crippen LogP contribution in [-0.2, 0) is 15.1 Å². The topological polar surface area (TPSA) is 0 Å². The van der Waals surface area contributed by atoms with Crippen LogP contribution in [-0.4, -0.2) is 0 Å². The summed E-state index contributed by atoms with van der Waals surface area (Å²) in [6.45, 7) is 0. The molecular weight excluding hydrogens is 221 g/mol. The van der Waals surface area contributed by atoms with Gasteiger partial charge in [-0.25, -0.2) is 0 Å². The van der Waals surface area contributed by atoms with Crippen LogP contribution < -0.4 is 62.5 Å². The summed E-state index contributed by atoms with van der Waals surface area (Å²) < 4.78 is 0. The molecule has 0 aliphatic carbocycles. The van der Waals surface area contributed by atoms with Crippen molar-refractivity contribution < 1.29 is 77.7 Å². The summed E-state index contributed by atoms with van der Waals surface area (Å²) in [6.07, 6.45) is 0. The first kappa shape index (κ1) is 32.5. The number of halogens is 4. The molecule has 0 aromatic carbocycles. The van der Waals surface area contributed by atoms with Gasteiger partial charge in [0.1, 0.15) is 0 Å². The monoisotopic (exact) mass is 218 g/mol. The van der Waals surface area contributed by atoms with Crippen LogP contribution in [0.1, 0.15) is 0 Å². The van der Waals surface area contributed by atoms with Crippen molar-refractivity contribution in [1.82, 2.24) is 0 Å². The van der Waals surface area contributed by atoms with E-state index in [1.54, 1.807) is 0 Å². The first-order chi connectivity index (χ1) is 1.41. The Bertz CT molecular complexity index is 9.65. The van der Waals surface area contributed by atoms with E-state index in [0.717, 1.165) is 0 Å². The van der Waals surface area contributed by atoms with E-state index in [0.29, 0.717) is 0 Å². The maximum atomic E-state index is 4.95. The number of rotatable bonds is 0. The molecule has 0 aliphatic rings. The van der Waals surface area contributed by atoms with Gasteiger partial charge in [0.15, 0.2) is 0 Å². The van der Waals surface area contributed by atoms with Gasteiger partial charge < -0.3 is 24.8 Å². The molecule has 0 aromatic heterocycles. The van der Waals surface area contributed by atoms with Crippen LogP contribution in [0.25, 0.3) is 0 Å². The fourth-order valence-corrected chi connectivity index (χ4v) is 0. The van der Waals surface area contributed by atoms with Crippen LogP contribution in [0.15, 0.2) is 0 Å². The molecule has 7 heavy (non-hydrogen) atoms. The fourth-order valence-electron chi connectivity index (χ4n) is 0. The van der Waals surface area contributed by atoms with Gasteiger partial charge in [0.25, 0.3) is 0 Å². The number of hydrogen-bond acceptors (Lipinski definition) is 0. The second kappa shape index (κ2) is 36.1. The fraction of sp³-hybridized carbons (Fsp3) is 0. The van der Waals surface area contributed by atoms with Gasteiger partial charge >= 0.3 is 72.2 Å². The average Bonchev–Trinajstić information content (AvgIpc) is 0.918. The van der Waals surface area contributed by atoms with Crippen molar-refractivity contribution in [1.29, 1.82) is 0 Å². The first-order valence-electron chi connectivity index (χ1n) is 0.535. The molecule has 0 spiro atoms. The zero-order valence-electron chi connectivity index (χ0n) is 4.22. The largest absolute Gasteiger partial charge is 1.00 e. The maximum absolute atomic E-state index is 4.95. The average molecular weight is 221 g/mol. The molecule has 0 amide bonds.